The minimum Gasteiger partial charge on any atom is -0.313 e. The summed E-state index contributed by atoms with van der Waals surface area (Å²) in [5, 5.41) is 13.8. The van der Waals surface area contributed by atoms with Crippen LogP contribution in [0.4, 0.5) is 0 Å². The average molecular weight is 255 g/mol. The van der Waals surface area contributed by atoms with Crippen molar-refractivity contribution in [3.05, 3.63) is 10.0 Å². The van der Waals surface area contributed by atoms with Gasteiger partial charge in [-0.25, -0.2) is 0 Å². The zero-order chi connectivity index (χ0) is 12.3. The third kappa shape index (κ3) is 6.74. The Bertz CT molecular complexity index is 286. The van der Waals surface area contributed by atoms with Gasteiger partial charge in [0, 0.05) is 13.0 Å². The lowest BCUT2D eigenvalue weighted by Crippen LogP contribution is -2.04. The van der Waals surface area contributed by atoms with E-state index < -0.39 is 0 Å². The van der Waals surface area contributed by atoms with Gasteiger partial charge in [0.2, 0.25) is 0 Å². The van der Waals surface area contributed by atoms with Crippen LogP contribution in [-0.2, 0) is 13.0 Å². The molecule has 0 unspecified atom stereocenters. The molecule has 0 saturated heterocycles. The van der Waals surface area contributed by atoms with E-state index in [2.05, 4.69) is 22.4 Å². The normalized spacial score (nSPS) is 10.9. The third-order valence-corrected chi connectivity index (χ3v) is 3.81. The Labute approximate surface area is 109 Å². The van der Waals surface area contributed by atoms with E-state index in [4.69, 9.17) is 0 Å². The topological polar surface area (TPSA) is 37.8 Å². The van der Waals surface area contributed by atoms with Gasteiger partial charge in [0.15, 0.2) is 0 Å². The average Bonchev–Trinajstić information content (AvgIpc) is 2.76. The molecule has 98 valence electrons. The second-order valence-electron chi connectivity index (χ2n) is 4.49. The first-order chi connectivity index (χ1) is 8.36. The molecule has 0 aliphatic rings. The first kappa shape index (κ1) is 14.6. The Morgan fingerprint density at radius 2 is 1.59 bits per heavy atom. The van der Waals surface area contributed by atoms with Crippen LogP contribution in [0.25, 0.3) is 0 Å². The summed E-state index contributed by atoms with van der Waals surface area (Å²) < 4.78 is 0. The van der Waals surface area contributed by atoms with E-state index >= 15 is 0 Å². The highest BCUT2D eigenvalue weighted by Crippen LogP contribution is 2.14. The van der Waals surface area contributed by atoms with Crippen molar-refractivity contribution in [2.45, 2.75) is 64.8 Å². The van der Waals surface area contributed by atoms with Crippen LogP contribution in [0.5, 0.6) is 0 Å². The smallest absolute Gasteiger partial charge is 0.131 e. The molecule has 0 bridgehead atoms. The molecule has 0 saturated carbocycles. The molecule has 4 heteroatoms. The minimum atomic E-state index is 0.842. The summed E-state index contributed by atoms with van der Waals surface area (Å²) in [6.07, 6.45) is 10.6. The van der Waals surface area contributed by atoms with Crippen LogP contribution in [0.3, 0.4) is 0 Å². The van der Waals surface area contributed by atoms with Gasteiger partial charge in [-0.1, -0.05) is 45.4 Å². The number of unbranched alkanes of at least 4 members (excludes halogenated alkanes) is 6. The van der Waals surface area contributed by atoms with E-state index in [0.717, 1.165) is 18.0 Å². The molecular formula is C13H25N3S. The van der Waals surface area contributed by atoms with Crippen molar-refractivity contribution in [1.82, 2.24) is 15.5 Å². The van der Waals surface area contributed by atoms with Crippen LogP contribution < -0.4 is 5.32 Å². The molecule has 0 atom stereocenters. The monoisotopic (exact) mass is 255 g/mol. The summed E-state index contributed by atoms with van der Waals surface area (Å²) in [6, 6.07) is 0. The van der Waals surface area contributed by atoms with Crippen LogP contribution in [0, 0.1) is 0 Å². The lowest BCUT2D eigenvalue weighted by molar-refractivity contribution is 0.588. The Balaban J connectivity index is 2.01. The fourth-order valence-electron chi connectivity index (χ4n) is 1.85. The molecule has 17 heavy (non-hydrogen) atoms. The van der Waals surface area contributed by atoms with E-state index in [0.29, 0.717) is 0 Å². The Kier molecular flexibility index (Phi) is 8.18. The molecule has 0 spiro atoms. The molecule has 0 aliphatic heterocycles. The highest BCUT2D eigenvalue weighted by Gasteiger charge is 2.02. The van der Waals surface area contributed by atoms with Crippen LogP contribution >= 0.6 is 11.3 Å². The highest BCUT2D eigenvalue weighted by atomic mass is 32.1. The van der Waals surface area contributed by atoms with Gasteiger partial charge >= 0.3 is 0 Å². The number of nitrogens with zero attached hydrogens (tertiary/aromatic N) is 2. The van der Waals surface area contributed by atoms with Gasteiger partial charge in [-0.3, -0.25) is 0 Å². The number of nitrogens with one attached hydrogen (secondary N) is 1. The summed E-state index contributed by atoms with van der Waals surface area (Å²) in [5.41, 5.74) is 0. The summed E-state index contributed by atoms with van der Waals surface area (Å²) in [5.74, 6) is 0. The van der Waals surface area contributed by atoms with E-state index in [9.17, 15) is 0 Å². The SMILES string of the molecule is CCCCCCCCCc1nnc(CNC)s1. The quantitative estimate of drug-likeness (QED) is 0.650. The lowest BCUT2D eigenvalue weighted by atomic mass is 10.1. The van der Waals surface area contributed by atoms with Crippen molar-refractivity contribution in [3.8, 4) is 0 Å². The van der Waals surface area contributed by atoms with Gasteiger partial charge < -0.3 is 5.32 Å². The molecule has 1 rings (SSSR count). The summed E-state index contributed by atoms with van der Waals surface area (Å²) in [7, 11) is 1.94. The first-order valence-corrected chi connectivity index (χ1v) is 7.64. The molecular weight excluding hydrogens is 230 g/mol. The zero-order valence-corrected chi connectivity index (χ0v) is 12.0. The zero-order valence-electron chi connectivity index (χ0n) is 11.2. The van der Waals surface area contributed by atoms with Crippen LogP contribution in [0.2, 0.25) is 0 Å². The van der Waals surface area contributed by atoms with Crippen molar-refractivity contribution in [3.63, 3.8) is 0 Å². The fraction of sp³-hybridized carbons (Fsp3) is 0.846. The van der Waals surface area contributed by atoms with Crippen molar-refractivity contribution in [2.24, 2.45) is 0 Å². The van der Waals surface area contributed by atoms with E-state index in [1.807, 2.05) is 7.05 Å². The maximum absolute atomic E-state index is 4.21. The summed E-state index contributed by atoms with van der Waals surface area (Å²) >= 11 is 1.74. The maximum atomic E-state index is 4.21. The predicted molar refractivity (Wildman–Crippen MR) is 74.4 cm³/mol. The van der Waals surface area contributed by atoms with Crippen molar-refractivity contribution >= 4 is 11.3 Å². The Hall–Kier alpha value is -0.480. The maximum Gasteiger partial charge on any atom is 0.131 e. The van der Waals surface area contributed by atoms with Crippen molar-refractivity contribution in [1.29, 1.82) is 0 Å². The molecule has 1 aromatic heterocycles. The fourth-order valence-corrected chi connectivity index (χ4v) is 2.74. The Morgan fingerprint density at radius 3 is 2.29 bits per heavy atom. The Morgan fingerprint density at radius 1 is 0.941 bits per heavy atom. The second kappa shape index (κ2) is 9.54. The number of hydrogen-bond donors (Lipinski definition) is 1. The number of rotatable bonds is 10. The second-order valence-corrected chi connectivity index (χ2v) is 5.64. The number of hydrogen-bond acceptors (Lipinski definition) is 4. The molecule has 0 amide bonds. The van der Waals surface area contributed by atoms with E-state index in [1.54, 1.807) is 11.3 Å². The lowest BCUT2D eigenvalue weighted by Gasteiger charge is -1.99. The molecule has 1 heterocycles. The minimum absolute atomic E-state index is 0.842. The highest BCUT2D eigenvalue weighted by molar-refractivity contribution is 7.11. The molecule has 0 aliphatic carbocycles. The van der Waals surface area contributed by atoms with E-state index in [1.165, 1.54) is 50.0 Å². The molecule has 0 aromatic carbocycles. The molecule has 1 aromatic rings. The van der Waals surface area contributed by atoms with Gasteiger partial charge in [0.25, 0.3) is 0 Å². The van der Waals surface area contributed by atoms with Gasteiger partial charge in [-0.05, 0) is 13.5 Å². The third-order valence-electron chi connectivity index (χ3n) is 2.83. The first-order valence-electron chi connectivity index (χ1n) is 6.82. The largest absolute Gasteiger partial charge is 0.313 e. The standard InChI is InChI=1S/C13H25N3S/c1-3-4-5-6-7-8-9-10-12-15-16-13(17-12)11-14-2/h14H,3-11H2,1-2H3. The summed E-state index contributed by atoms with van der Waals surface area (Å²) in [4.78, 5) is 0. The predicted octanol–water partition coefficient (Wildman–Crippen LogP) is 3.55. The van der Waals surface area contributed by atoms with Crippen LogP contribution in [-0.4, -0.2) is 17.2 Å². The summed E-state index contributed by atoms with van der Waals surface area (Å²) in [6.45, 7) is 3.10. The van der Waals surface area contributed by atoms with E-state index in [-0.39, 0.29) is 0 Å². The number of aryl methyl sites for hydroxylation is 1. The number of aromatic nitrogens is 2. The molecule has 0 radical (unpaired) electrons. The van der Waals surface area contributed by atoms with Crippen LogP contribution in [0.15, 0.2) is 0 Å². The van der Waals surface area contributed by atoms with Gasteiger partial charge in [0.1, 0.15) is 10.0 Å². The van der Waals surface area contributed by atoms with Crippen molar-refractivity contribution in [2.75, 3.05) is 7.05 Å². The van der Waals surface area contributed by atoms with Gasteiger partial charge in [-0.15, -0.1) is 21.5 Å². The van der Waals surface area contributed by atoms with Gasteiger partial charge in [-0.2, -0.15) is 0 Å². The molecule has 0 fully saturated rings. The molecule has 3 nitrogen and oxygen atoms in total. The molecule has 1 N–H and O–H groups in total. The van der Waals surface area contributed by atoms with Crippen LogP contribution in [0.1, 0.15) is 61.9 Å². The van der Waals surface area contributed by atoms with Gasteiger partial charge in [0.05, 0.1) is 0 Å². The van der Waals surface area contributed by atoms with Crippen molar-refractivity contribution < 1.29 is 0 Å².